The quantitative estimate of drug-likeness (QED) is 0.785. The van der Waals surface area contributed by atoms with Gasteiger partial charge in [-0.25, -0.2) is 4.98 Å². The van der Waals surface area contributed by atoms with Crippen molar-refractivity contribution in [3.63, 3.8) is 0 Å². The Kier molecular flexibility index (Phi) is 3.28. The van der Waals surface area contributed by atoms with Gasteiger partial charge in [-0.2, -0.15) is 0 Å². The Morgan fingerprint density at radius 3 is 2.30 bits per heavy atom. The average Bonchev–Trinajstić information content (AvgIpc) is 2.86. The molecule has 20 heavy (non-hydrogen) atoms. The highest BCUT2D eigenvalue weighted by Gasteiger charge is 2.20. The van der Waals surface area contributed by atoms with Crippen molar-refractivity contribution in [1.29, 1.82) is 0 Å². The first kappa shape index (κ1) is 12.9. The molecule has 3 rings (SSSR count). The SMILES string of the molecule is CC(C)n1c([C@@H](O)c2ccccc2)nc2ccccc21. The Morgan fingerprint density at radius 1 is 0.950 bits per heavy atom. The minimum atomic E-state index is -0.703. The summed E-state index contributed by atoms with van der Waals surface area (Å²) in [5.74, 6) is 0.701. The zero-order chi connectivity index (χ0) is 14.1. The third kappa shape index (κ3) is 2.10. The second-order valence-corrected chi connectivity index (χ2v) is 5.24. The lowest BCUT2D eigenvalue weighted by Crippen LogP contribution is -2.11. The predicted octanol–water partition coefficient (Wildman–Crippen LogP) is 3.70. The van der Waals surface area contributed by atoms with E-state index in [4.69, 9.17) is 0 Å². The van der Waals surface area contributed by atoms with E-state index in [1.54, 1.807) is 0 Å². The first-order valence-corrected chi connectivity index (χ1v) is 6.88. The molecule has 0 radical (unpaired) electrons. The van der Waals surface area contributed by atoms with E-state index in [9.17, 15) is 5.11 Å². The first-order valence-electron chi connectivity index (χ1n) is 6.88. The number of nitrogens with zero attached hydrogens (tertiary/aromatic N) is 2. The fraction of sp³-hybridized carbons (Fsp3) is 0.235. The van der Waals surface area contributed by atoms with Crippen LogP contribution in [0.3, 0.4) is 0 Å². The van der Waals surface area contributed by atoms with Crippen molar-refractivity contribution in [2.24, 2.45) is 0 Å². The van der Waals surface area contributed by atoms with Crippen molar-refractivity contribution < 1.29 is 5.11 Å². The fourth-order valence-electron chi connectivity index (χ4n) is 2.58. The predicted molar refractivity (Wildman–Crippen MR) is 80.6 cm³/mol. The maximum Gasteiger partial charge on any atom is 0.143 e. The summed E-state index contributed by atoms with van der Waals surface area (Å²) in [6.45, 7) is 4.21. The molecule has 0 spiro atoms. The van der Waals surface area contributed by atoms with Crippen LogP contribution in [-0.4, -0.2) is 14.7 Å². The summed E-state index contributed by atoms with van der Waals surface area (Å²) in [6, 6.07) is 17.9. The van der Waals surface area contributed by atoms with E-state index in [-0.39, 0.29) is 6.04 Å². The molecule has 3 heteroatoms. The van der Waals surface area contributed by atoms with Crippen LogP contribution in [0.15, 0.2) is 54.6 Å². The van der Waals surface area contributed by atoms with Gasteiger partial charge in [0.25, 0.3) is 0 Å². The molecule has 0 aliphatic carbocycles. The van der Waals surface area contributed by atoms with Crippen LogP contribution in [0.25, 0.3) is 11.0 Å². The van der Waals surface area contributed by atoms with Crippen LogP contribution < -0.4 is 0 Å². The minimum absolute atomic E-state index is 0.246. The average molecular weight is 266 g/mol. The van der Waals surface area contributed by atoms with E-state index in [0.29, 0.717) is 5.82 Å². The fourth-order valence-corrected chi connectivity index (χ4v) is 2.58. The lowest BCUT2D eigenvalue weighted by Gasteiger charge is -2.17. The van der Waals surface area contributed by atoms with Crippen LogP contribution in [0.5, 0.6) is 0 Å². The molecule has 1 N–H and O–H groups in total. The number of aromatic nitrogens is 2. The largest absolute Gasteiger partial charge is 0.380 e. The molecule has 0 aliphatic heterocycles. The number of aliphatic hydroxyl groups excluding tert-OH is 1. The van der Waals surface area contributed by atoms with E-state index >= 15 is 0 Å². The van der Waals surface area contributed by atoms with Gasteiger partial charge in [0.15, 0.2) is 0 Å². The summed E-state index contributed by atoms with van der Waals surface area (Å²) in [5, 5.41) is 10.6. The molecule has 0 saturated carbocycles. The van der Waals surface area contributed by atoms with E-state index in [0.717, 1.165) is 16.6 Å². The molecule has 1 aromatic heterocycles. The number of rotatable bonds is 3. The van der Waals surface area contributed by atoms with Gasteiger partial charge >= 0.3 is 0 Å². The highest BCUT2D eigenvalue weighted by Crippen LogP contribution is 2.28. The topological polar surface area (TPSA) is 38.0 Å². The summed E-state index contributed by atoms with van der Waals surface area (Å²) in [4.78, 5) is 4.62. The van der Waals surface area contributed by atoms with Crippen molar-refractivity contribution >= 4 is 11.0 Å². The highest BCUT2D eigenvalue weighted by molar-refractivity contribution is 5.76. The molecule has 1 atom stereocenters. The van der Waals surface area contributed by atoms with Crippen molar-refractivity contribution in [1.82, 2.24) is 9.55 Å². The highest BCUT2D eigenvalue weighted by atomic mass is 16.3. The molecule has 2 aromatic carbocycles. The van der Waals surface area contributed by atoms with Crippen molar-refractivity contribution in [2.45, 2.75) is 26.0 Å². The monoisotopic (exact) mass is 266 g/mol. The summed E-state index contributed by atoms with van der Waals surface area (Å²) in [7, 11) is 0. The zero-order valence-corrected chi connectivity index (χ0v) is 11.7. The Balaban J connectivity index is 2.18. The van der Waals surface area contributed by atoms with Crippen LogP contribution in [-0.2, 0) is 0 Å². The lowest BCUT2D eigenvalue weighted by atomic mass is 10.1. The molecule has 0 bridgehead atoms. The van der Waals surface area contributed by atoms with E-state index < -0.39 is 6.10 Å². The standard InChI is InChI=1S/C17H18N2O/c1-12(2)19-15-11-7-6-10-14(15)18-17(19)16(20)13-8-4-3-5-9-13/h3-12,16,20H,1-2H3/t16-/m0/s1. The number of imidazole rings is 1. The number of benzene rings is 2. The third-order valence-electron chi connectivity index (χ3n) is 3.50. The smallest absolute Gasteiger partial charge is 0.143 e. The molecule has 0 fully saturated rings. The van der Waals surface area contributed by atoms with Crippen LogP contribution in [0.1, 0.15) is 37.4 Å². The summed E-state index contributed by atoms with van der Waals surface area (Å²) >= 11 is 0. The van der Waals surface area contributed by atoms with Gasteiger partial charge in [0.1, 0.15) is 11.9 Å². The Hall–Kier alpha value is -2.13. The van der Waals surface area contributed by atoms with E-state index in [1.807, 2.05) is 54.6 Å². The van der Waals surface area contributed by atoms with Crippen molar-refractivity contribution in [3.05, 3.63) is 66.0 Å². The second-order valence-electron chi connectivity index (χ2n) is 5.24. The maximum atomic E-state index is 10.6. The summed E-state index contributed by atoms with van der Waals surface area (Å²) < 4.78 is 2.10. The van der Waals surface area contributed by atoms with Crippen molar-refractivity contribution in [3.8, 4) is 0 Å². The molecule has 0 unspecified atom stereocenters. The third-order valence-corrected chi connectivity index (χ3v) is 3.50. The Bertz CT molecular complexity index is 716. The second kappa shape index (κ2) is 5.10. The molecular weight excluding hydrogens is 248 g/mol. The number of fused-ring (bicyclic) bond motifs is 1. The van der Waals surface area contributed by atoms with Gasteiger partial charge < -0.3 is 9.67 Å². The van der Waals surface area contributed by atoms with Gasteiger partial charge in [-0.3, -0.25) is 0 Å². The lowest BCUT2D eigenvalue weighted by molar-refractivity contribution is 0.203. The number of para-hydroxylation sites is 2. The number of aliphatic hydroxyl groups is 1. The first-order chi connectivity index (χ1) is 9.68. The van der Waals surface area contributed by atoms with E-state index in [1.165, 1.54) is 0 Å². The van der Waals surface area contributed by atoms with Gasteiger partial charge in [0.05, 0.1) is 11.0 Å². The van der Waals surface area contributed by atoms with Crippen LogP contribution >= 0.6 is 0 Å². The Labute approximate surface area is 118 Å². The normalized spacial score (nSPS) is 13.0. The van der Waals surface area contributed by atoms with Gasteiger partial charge in [-0.05, 0) is 31.5 Å². The molecule has 1 heterocycles. The van der Waals surface area contributed by atoms with Crippen LogP contribution in [0, 0.1) is 0 Å². The van der Waals surface area contributed by atoms with Crippen LogP contribution in [0.4, 0.5) is 0 Å². The Morgan fingerprint density at radius 2 is 1.60 bits per heavy atom. The van der Waals surface area contributed by atoms with Crippen LogP contribution in [0.2, 0.25) is 0 Å². The molecule has 3 nitrogen and oxygen atoms in total. The molecule has 102 valence electrons. The number of hydrogen-bond acceptors (Lipinski definition) is 2. The van der Waals surface area contributed by atoms with E-state index in [2.05, 4.69) is 23.4 Å². The molecule has 0 saturated heterocycles. The van der Waals surface area contributed by atoms with Gasteiger partial charge in [0.2, 0.25) is 0 Å². The zero-order valence-electron chi connectivity index (χ0n) is 11.7. The van der Waals surface area contributed by atoms with Gasteiger partial charge in [-0.1, -0.05) is 42.5 Å². The van der Waals surface area contributed by atoms with Crippen molar-refractivity contribution in [2.75, 3.05) is 0 Å². The van der Waals surface area contributed by atoms with Gasteiger partial charge in [0, 0.05) is 6.04 Å². The molecular formula is C17H18N2O. The summed E-state index contributed by atoms with van der Waals surface area (Å²) in [6.07, 6.45) is -0.703. The maximum absolute atomic E-state index is 10.6. The summed E-state index contributed by atoms with van der Waals surface area (Å²) in [5.41, 5.74) is 2.85. The number of hydrogen-bond donors (Lipinski definition) is 1. The molecule has 0 amide bonds. The van der Waals surface area contributed by atoms with Gasteiger partial charge in [-0.15, -0.1) is 0 Å². The molecule has 3 aromatic rings. The minimum Gasteiger partial charge on any atom is -0.380 e. The molecule has 0 aliphatic rings.